The number of nitrogens with zero attached hydrogens (tertiary/aromatic N) is 3. The third kappa shape index (κ3) is 5.01. The van der Waals surface area contributed by atoms with Gasteiger partial charge in [0.1, 0.15) is 5.82 Å². The van der Waals surface area contributed by atoms with E-state index in [1.54, 1.807) is 7.05 Å². The summed E-state index contributed by atoms with van der Waals surface area (Å²) in [5, 5.41) is 5.71. The second-order valence-electron chi connectivity index (χ2n) is 6.23. The number of anilines is 2. The van der Waals surface area contributed by atoms with E-state index in [0.717, 1.165) is 44.2 Å². The van der Waals surface area contributed by atoms with Gasteiger partial charge in [-0.3, -0.25) is 9.69 Å². The van der Waals surface area contributed by atoms with E-state index in [0.29, 0.717) is 6.54 Å². The van der Waals surface area contributed by atoms with E-state index in [1.807, 2.05) is 30.5 Å². The van der Waals surface area contributed by atoms with Crippen molar-refractivity contribution in [3.63, 3.8) is 0 Å². The molecular formula is C19H25N5O. The topological polar surface area (TPSA) is 60.5 Å². The van der Waals surface area contributed by atoms with Crippen LogP contribution in [0.1, 0.15) is 5.56 Å². The highest BCUT2D eigenvalue weighted by Gasteiger charge is 2.17. The van der Waals surface area contributed by atoms with Crippen molar-refractivity contribution in [2.24, 2.45) is 0 Å². The van der Waals surface area contributed by atoms with Gasteiger partial charge in [0.25, 0.3) is 0 Å². The van der Waals surface area contributed by atoms with E-state index in [9.17, 15) is 4.79 Å². The molecule has 0 atom stereocenters. The number of piperazine rings is 1. The largest absolute Gasteiger partial charge is 0.354 e. The number of aromatic nitrogens is 1. The number of benzene rings is 1. The summed E-state index contributed by atoms with van der Waals surface area (Å²) >= 11 is 0. The Morgan fingerprint density at radius 3 is 2.48 bits per heavy atom. The summed E-state index contributed by atoms with van der Waals surface area (Å²) in [4.78, 5) is 20.8. The van der Waals surface area contributed by atoms with Gasteiger partial charge in [0.15, 0.2) is 0 Å². The second kappa shape index (κ2) is 8.60. The van der Waals surface area contributed by atoms with Crippen LogP contribution in [0.25, 0.3) is 0 Å². The van der Waals surface area contributed by atoms with Crippen LogP contribution in [0.3, 0.4) is 0 Å². The lowest BCUT2D eigenvalue weighted by Crippen LogP contribution is -2.46. The van der Waals surface area contributed by atoms with Gasteiger partial charge in [0, 0.05) is 44.6 Å². The standard InChI is InChI=1S/C19H25N5O/c1-20-14-19(25)22-17-7-5-16(6-8-17)15-23-10-12-24(13-11-23)18-4-2-3-9-21-18/h2-9,20H,10-15H2,1H3,(H,22,25). The summed E-state index contributed by atoms with van der Waals surface area (Å²) in [6.07, 6.45) is 1.85. The molecule has 0 aliphatic carbocycles. The average molecular weight is 339 g/mol. The first-order valence-electron chi connectivity index (χ1n) is 8.66. The van der Waals surface area contributed by atoms with Crippen molar-refractivity contribution in [1.29, 1.82) is 0 Å². The van der Waals surface area contributed by atoms with Gasteiger partial charge < -0.3 is 15.5 Å². The summed E-state index contributed by atoms with van der Waals surface area (Å²) in [5.41, 5.74) is 2.10. The first-order valence-corrected chi connectivity index (χ1v) is 8.66. The number of likely N-dealkylation sites (N-methyl/N-ethyl adjacent to an activating group) is 1. The van der Waals surface area contributed by atoms with Crippen molar-refractivity contribution < 1.29 is 4.79 Å². The maximum Gasteiger partial charge on any atom is 0.238 e. The molecule has 0 unspecified atom stereocenters. The summed E-state index contributed by atoms with van der Waals surface area (Å²) in [7, 11) is 1.76. The van der Waals surface area contributed by atoms with Crippen molar-refractivity contribution in [2.45, 2.75) is 6.54 Å². The second-order valence-corrected chi connectivity index (χ2v) is 6.23. The first kappa shape index (κ1) is 17.4. The average Bonchev–Trinajstić information content (AvgIpc) is 2.65. The zero-order chi connectivity index (χ0) is 17.5. The van der Waals surface area contributed by atoms with Gasteiger partial charge in [-0.05, 0) is 36.9 Å². The Morgan fingerprint density at radius 1 is 1.08 bits per heavy atom. The SMILES string of the molecule is CNCC(=O)Nc1ccc(CN2CCN(c3ccccn3)CC2)cc1. The highest BCUT2D eigenvalue weighted by atomic mass is 16.1. The van der Waals surface area contributed by atoms with Gasteiger partial charge in [0.2, 0.25) is 5.91 Å². The molecule has 0 radical (unpaired) electrons. The third-order valence-electron chi connectivity index (χ3n) is 4.33. The Bertz CT molecular complexity index is 666. The van der Waals surface area contributed by atoms with Crippen LogP contribution in [0.4, 0.5) is 11.5 Å². The Hall–Kier alpha value is -2.44. The van der Waals surface area contributed by atoms with E-state index in [4.69, 9.17) is 0 Å². The maximum absolute atomic E-state index is 11.6. The van der Waals surface area contributed by atoms with Crippen molar-refractivity contribution >= 4 is 17.4 Å². The first-order chi connectivity index (χ1) is 12.2. The number of pyridine rings is 1. The Morgan fingerprint density at radius 2 is 1.84 bits per heavy atom. The smallest absolute Gasteiger partial charge is 0.238 e. The van der Waals surface area contributed by atoms with Gasteiger partial charge in [-0.25, -0.2) is 4.98 Å². The molecule has 1 saturated heterocycles. The Balaban J connectivity index is 1.48. The van der Waals surface area contributed by atoms with Gasteiger partial charge in [-0.15, -0.1) is 0 Å². The van der Waals surface area contributed by atoms with E-state index in [1.165, 1.54) is 5.56 Å². The molecule has 1 fully saturated rings. The molecule has 1 amide bonds. The number of carbonyl (C=O) groups excluding carboxylic acids is 1. The molecule has 0 spiro atoms. The normalized spacial score (nSPS) is 15.2. The zero-order valence-corrected chi connectivity index (χ0v) is 14.6. The number of nitrogens with one attached hydrogen (secondary N) is 2. The fraction of sp³-hybridized carbons (Fsp3) is 0.368. The van der Waals surface area contributed by atoms with Gasteiger partial charge in [-0.1, -0.05) is 18.2 Å². The van der Waals surface area contributed by atoms with Crippen LogP contribution >= 0.6 is 0 Å². The molecular weight excluding hydrogens is 314 g/mol. The number of hydrogen-bond donors (Lipinski definition) is 2. The molecule has 1 aromatic heterocycles. The molecule has 132 valence electrons. The van der Waals surface area contributed by atoms with E-state index in [-0.39, 0.29) is 5.91 Å². The van der Waals surface area contributed by atoms with Crippen LogP contribution in [-0.4, -0.2) is 55.6 Å². The lowest BCUT2D eigenvalue weighted by atomic mass is 10.1. The molecule has 2 heterocycles. The molecule has 6 heteroatoms. The number of carbonyl (C=O) groups is 1. The molecule has 2 N–H and O–H groups in total. The Labute approximate surface area is 148 Å². The van der Waals surface area contributed by atoms with Gasteiger partial charge in [-0.2, -0.15) is 0 Å². The molecule has 0 saturated carbocycles. The minimum Gasteiger partial charge on any atom is -0.354 e. The fourth-order valence-corrected chi connectivity index (χ4v) is 2.99. The number of hydrogen-bond acceptors (Lipinski definition) is 5. The van der Waals surface area contributed by atoms with E-state index >= 15 is 0 Å². The minimum atomic E-state index is -0.0270. The monoisotopic (exact) mass is 339 g/mol. The number of amides is 1. The maximum atomic E-state index is 11.6. The van der Waals surface area contributed by atoms with Crippen LogP contribution in [-0.2, 0) is 11.3 Å². The lowest BCUT2D eigenvalue weighted by molar-refractivity contribution is -0.115. The van der Waals surface area contributed by atoms with Crippen molar-refractivity contribution in [3.8, 4) is 0 Å². The van der Waals surface area contributed by atoms with E-state index in [2.05, 4.69) is 43.6 Å². The van der Waals surface area contributed by atoms with Crippen molar-refractivity contribution in [3.05, 3.63) is 54.2 Å². The predicted octanol–water partition coefficient (Wildman–Crippen LogP) is 1.56. The lowest BCUT2D eigenvalue weighted by Gasteiger charge is -2.35. The third-order valence-corrected chi connectivity index (χ3v) is 4.33. The molecule has 2 aromatic rings. The van der Waals surface area contributed by atoms with Gasteiger partial charge >= 0.3 is 0 Å². The highest BCUT2D eigenvalue weighted by molar-refractivity contribution is 5.92. The molecule has 25 heavy (non-hydrogen) atoms. The fourth-order valence-electron chi connectivity index (χ4n) is 2.99. The number of rotatable bonds is 6. The summed E-state index contributed by atoms with van der Waals surface area (Å²) in [6, 6.07) is 14.1. The van der Waals surface area contributed by atoms with Crippen LogP contribution < -0.4 is 15.5 Å². The van der Waals surface area contributed by atoms with Crippen molar-refractivity contribution in [2.75, 3.05) is 50.0 Å². The quantitative estimate of drug-likeness (QED) is 0.836. The zero-order valence-electron chi connectivity index (χ0n) is 14.6. The summed E-state index contributed by atoms with van der Waals surface area (Å²) < 4.78 is 0. The van der Waals surface area contributed by atoms with Crippen molar-refractivity contribution in [1.82, 2.24) is 15.2 Å². The minimum absolute atomic E-state index is 0.0270. The van der Waals surface area contributed by atoms with Gasteiger partial charge in [0.05, 0.1) is 6.54 Å². The molecule has 1 aromatic carbocycles. The van der Waals surface area contributed by atoms with Crippen LogP contribution in [0.2, 0.25) is 0 Å². The predicted molar refractivity (Wildman–Crippen MR) is 101 cm³/mol. The van der Waals surface area contributed by atoms with Crippen LogP contribution in [0.15, 0.2) is 48.7 Å². The molecule has 6 nitrogen and oxygen atoms in total. The van der Waals surface area contributed by atoms with Crippen LogP contribution in [0, 0.1) is 0 Å². The summed E-state index contributed by atoms with van der Waals surface area (Å²) in [6.45, 7) is 5.29. The summed E-state index contributed by atoms with van der Waals surface area (Å²) in [5.74, 6) is 1.03. The molecule has 0 bridgehead atoms. The van der Waals surface area contributed by atoms with Crippen LogP contribution in [0.5, 0.6) is 0 Å². The molecule has 1 aliphatic rings. The molecule has 1 aliphatic heterocycles. The highest BCUT2D eigenvalue weighted by Crippen LogP contribution is 2.15. The van der Waals surface area contributed by atoms with E-state index < -0.39 is 0 Å². The Kier molecular flexibility index (Phi) is 5.98. The molecule has 3 rings (SSSR count).